The van der Waals surface area contributed by atoms with E-state index in [4.69, 9.17) is 4.74 Å². The van der Waals surface area contributed by atoms with Gasteiger partial charge in [0.2, 0.25) is 0 Å². The third-order valence-corrected chi connectivity index (χ3v) is 5.29. The molecule has 0 saturated heterocycles. The number of unbranched alkanes of at least 4 members (excludes halogenated alkanes) is 2. The van der Waals surface area contributed by atoms with Gasteiger partial charge in [0.25, 0.3) is 0 Å². The van der Waals surface area contributed by atoms with Crippen LogP contribution in [0.2, 0.25) is 0 Å². The maximum absolute atomic E-state index is 12.7. The molecule has 0 N–H and O–H groups in total. The number of rotatable bonds is 11. The van der Waals surface area contributed by atoms with Crippen LogP contribution in [0.5, 0.6) is 5.75 Å². The Hall–Kier alpha value is -1.38. The molecular weight excluding hydrogens is 367 g/mol. The number of hydrogen-bond donors (Lipinski definition) is 0. The predicted octanol–water partition coefficient (Wildman–Crippen LogP) is 4.63. The van der Waals surface area contributed by atoms with Crippen molar-refractivity contribution < 1.29 is 35.1 Å². The fourth-order valence-corrected chi connectivity index (χ4v) is 3.50. The molecule has 0 heterocycles. The van der Waals surface area contributed by atoms with Crippen molar-refractivity contribution in [3.05, 3.63) is 30.3 Å². The molecule has 0 radical (unpaired) electrons. The van der Waals surface area contributed by atoms with Gasteiger partial charge in [-0.1, -0.05) is 18.2 Å². The lowest BCUT2D eigenvalue weighted by atomic mass is 10.2. The van der Waals surface area contributed by atoms with Crippen LogP contribution >= 0.6 is 0 Å². The van der Waals surface area contributed by atoms with E-state index < -0.39 is 40.5 Å². The van der Waals surface area contributed by atoms with Gasteiger partial charge in [-0.25, -0.2) is 8.42 Å². The van der Waals surface area contributed by atoms with Crippen molar-refractivity contribution >= 4 is 9.84 Å². The minimum absolute atomic E-state index is 0.226. The third-order valence-electron chi connectivity index (χ3n) is 3.47. The summed E-state index contributed by atoms with van der Waals surface area (Å²) in [6.45, 7) is 0.419. The van der Waals surface area contributed by atoms with Crippen LogP contribution in [0.4, 0.5) is 22.0 Å². The van der Waals surface area contributed by atoms with Crippen LogP contribution in [-0.4, -0.2) is 38.6 Å². The summed E-state index contributed by atoms with van der Waals surface area (Å²) in [6.07, 6.45) is -6.38. The molecule has 0 atom stereocenters. The SMILES string of the molecule is O=S(=O)(CCCCCOc1ccccc1)CCCC(F)(F)C(F)(F)F. The largest absolute Gasteiger partial charge is 0.494 e. The van der Waals surface area contributed by atoms with Crippen molar-refractivity contribution in [2.24, 2.45) is 0 Å². The van der Waals surface area contributed by atoms with Gasteiger partial charge in [-0.2, -0.15) is 22.0 Å². The van der Waals surface area contributed by atoms with E-state index in [2.05, 4.69) is 0 Å². The molecule has 1 aromatic carbocycles. The first-order valence-corrected chi connectivity index (χ1v) is 9.68. The lowest BCUT2D eigenvalue weighted by molar-refractivity contribution is -0.284. The second-order valence-electron chi connectivity index (χ2n) is 5.68. The molecule has 0 aliphatic rings. The van der Waals surface area contributed by atoms with Gasteiger partial charge in [-0.3, -0.25) is 0 Å². The van der Waals surface area contributed by atoms with Crippen molar-refractivity contribution in [1.29, 1.82) is 0 Å². The van der Waals surface area contributed by atoms with Crippen LogP contribution in [0, 0.1) is 0 Å². The standard InChI is InChI=1S/C16H21F5O3S/c17-15(18,16(19,20)21)10-7-13-25(22,23)12-6-2-5-11-24-14-8-3-1-4-9-14/h1,3-4,8-9H,2,5-7,10-13H2. The average molecular weight is 388 g/mol. The highest BCUT2D eigenvalue weighted by atomic mass is 32.2. The molecule has 0 bridgehead atoms. The lowest BCUT2D eigenvalue weighted by Crippen LogP contribution is -2.36. The van der Waals surface area contributed by atoms with Gasteiger partial charge in [0, 0.05) is 6.42 Å². The van der Waals surface area contributed by atoms with Crippen LogP contribution < -0.4 is 4.74 Å². The van der Waals surface area contributed by atoms with Crippen LogP contribution in [0.15, 0.2) is 30.3 Å². The van der Waals surface area contributed by atoms with Crippen LogP contribution in [-0.2, 0) is 9.84 Å². The Labute approximate surface area is 144 Å². The number of hydrogen-bond acceptors (Lipinski definition) is 3. The Morgan fingerprint density at radius 1 is 0.840 bits per heavy atom. The third kappa shape index (κ3) is 8.51. The topological polar surface area (TPSA) is 43.4 Å². The molecule has 9 heteroatoms. The minimum Gasteiger partial charge on any atom is -0.494 e. The molecule has 0 aliphatic heterocycles. The molecule has 0 spiro atoms. The smallest absolute Gasteiger partial charge is 0.453 e. The highest BCUT2D eigenvalue weighted by Gasteiger charge is 2.56. The molecule has 0 aliphatic carbocycles. The average Bonchev–Trinajstić information content (AvgIpc) is 2.50. The normalized spacial score (nSPS) is 13.0. The highest BCUT2D eigenvalue weighted by Crippen LogP contribution is 2.38. The van der Waals surface area contributed by atoms with E-state index in [9.17, 15) is 30.4 Å². The van der Waals surface area contributed by atoms with Crippen molar-refractivity contribution in [3.63, 3.8) is 0 Å². The molecule has 144 valence electrons. The fraction of sp³-hybridized carbons (Fsp3) is 0.625. The number of benzene rings is 1. The molecule has 3 nitrogen and oxygen atoms in total. The van der Waals surface area contributed by atoms with Crippen molar-refractivity contribution in [3.8, 4) is 5.75 Å². The number of para-hydroxylation sites is 1. The Bertz CT molecular complexity index is 600. The number of sulfone groups is 1. The number of halogens is 5. The van der Waals surface area contributed by atoms with Gasteiger partial charge in [0.1, 0.15) is 15.6 Å². The first-order valence-electron chi connectivity index (χ1n) is 7.86. The molecule has 0 amide bonds. The van der Waals surface area contributed by atoms with E-state index in [0.717, 1.165) is 0 Å². The molecule has 0 aromatic heterocycles. The van der Waals surface area contributed by atoms with Gasteiger partial charge in [0.05, 0.1) is 18.1 Å². The molecule has 25 heavy (non-hydrogen) atoms. The van der Waals surface area contributed by atoms with Gasteiger partial charge in [-0.15, -0.1) is 0 Å². The molecule has 0 fully saturated rings. The van der Waals surface area contributed by atoms with Crippen molar-refractivity contribution in [1.82, 2.24) is 0 Å². The summed E-state index contributed by atoms with van der Waals surface area (Å²) in [5, 5.41) is 0. The van der Waals surface area contributed by atoms with Gasteiger partial charge in [0.15, 0.2) is 0 Å². The van der Waals surface area contributed by atoms with Gasteiger partial charge < -0.3 is 4.74 Å². The summed E-state index contributed by atoms with van der Waals surface area (Å²) in [7, 11) is -3.63. The van der Waals surface area contributed by atoms with E-state index >= 15 is 0 Å². The van der Waals surface area contributed by atoms with Gasteiger partial charge in [-0.05, 0) is 37.8 Å². The van der Waals surface area contributed by atoms with E-state index in [1.165, 1.54) is 0 Å². The van der Waals surface area contributed by atoms with E-state index in [0.29, 0.717) is 31.6 Å². The minimum atomic E-state index is -5.64. The van der Waals surface area contributed by atoms with Crippen molar-refractivity contribution in [2.75, 3.05) is 18.1 Å². The lowest BCUT2D eigenvalue weighted by Gasteiger charge is -2.19. The molecule has 0 unspecified atom stereocenters. The summed E-state index contributed by atoms with van der Waals surface area (Å²) in [4.78, 5) is 0. The zero-order valence-corrected chi connectivity index (χ0v) is 14.4. The maximum atomic E-state index is 12.7. The summed E-state index contributed by atoms with van der Waals surface area (Å²) < 4.78 is 90.1. The fourth-order valence-electron chi connectivity index (χ4n) is 2.07. The van der Waals surface area contributed by atoms with E-state index in [1.54, 1.807) is 12.1 Å². The van der Waals surface area contributed by atoms with Crippen LogP contribution in [0.25, 0.3) is 0 Å². The highest BCUT2D eigenvalue weighted by molar-refractivity contribution is 7.91. The van der Waals surface area contributed by atoms with Gasteiger partial charge >= 0.3 is 12.1 Å². The molecule has 0 saturated carbocycles. The number of ether oxygens (including phenoxy) is 1. The summed E-state index contributed by atoms with van der Waals surface area (Å²) in [5.74, 6) is -5.03. The first-order chi connectivity index (χ1) is 11.5. The summed E-state index contributed by atoms with van der Waals surface area (Å²) in [5.41, 5.74) is 0. The van der Waals surface area contributed by atoms with Crippen LogP contribution in [0.1, 0.15) is 32.1 Å². The summed E-state index contributed by atoms with van der Waals surface area (Å²) >= 11 is 0. The zero-order valence-electron chi connectivity index (χ0n) is 13.6. The second kappa shape index (κ2) is 9.35. The van der Waals surface area contributed by atoms with E-state index in [1.807, 2.05) is 18.2 Å². The monoisotopic (exact) mass is 388 g/mol. The summed E-state index contributed by atoms with van der Waals surface area (Å²) in [6, 6.07) is 9.08. The second-order valence-corrected chi connectivity index (χ2v) is 7.98. The zero-order chi connectivity index (χ0) is 19.0. The van der Waals surface area contributed by atoms with E-state index in [-0.39, 0.29) is 5.75 Å². The van der Waals surface area contributed by atoms with Crippen LogP contribution in [0.3, 0.4) is 0 Å². The quantitative estimate of drug-likeness (QED) is 0.410. The first kappa shape index (κ1) is 21.7. The Morgan fingerprint density at radius 3 is 2.04 bits per heavy atom. The molecule has 1 aromatic rings. The maximum Gasteiger partial charge on any atom is 0.453 e. The predicted molar refractivity (Wildman–Crippen MR) is 84.7 cm³/mol. The molecule has 1 rings (SSSR count). The van der Waals surface area contributed by atoms with Crippen molar-refractivity contribution in [2.45, 2.75) is 44.2 Å². The Morgan fingerprint density at radius 2 is 1.44 bits per heavy atom. The molecular formula is C16H21F5O3S. The Kier molecular flexibility index (Phi) is 8.11. The number of alkyl halides is 5. The Balaban J connectivity index is 2.17.